The number of hydrogen-bond donors (Lipinski definition) is 3. The van der Waals surface area contributed by atoms with Gasteiger partial charge in [0.1, 0.15) is 6.10 Å². The summed E-state index contributed by atoms with van der Waals surface area (Å²) in [6.45, 7) is 3.67. The van der Waals surface area contributed by atoms with Gasteiger partial charge in [-0.2, -0.15) is 0 Å². The van der Waals surface area contributed by atoms with Crippen LogP contribution in [0, 0.1) is 0 Å². The Morgan fingerprint density at radius 3 is 2.77 bits per heavy atom. The number of ether oxygens (including phenoxy) is 2. The van der Waals surface area contributed by atoms with Crippen molar-refractivity contribution < 1.29 is 24.2 Å². The normalized spacial score (nSPS) is 24.9. The number of hydrogen-bond acceptors (Lipinski definition) is 7. The lowest BCUT2D eigenvalue weighted by Gasteiger charge is -2.36. The minimum absolute atomic E-state index is 0.00563. The Bertz CT molecular complexity index is 669. The van der Waals surface area contributed by atoms with Gasteiger partial charge >= 0.3 is 0 Å². The van der Waals surface area contributed by atoms with E-state index in [-0.39, 0.29) is 37.0 Å². The zero-order valence-corrected chi connectivity index (χ0v) is 17.3. The second kappa shape index (κ2) is 11.9. The maximum absolute atomic E-state index is 12.3. The van der Waals surface area contributed by atoms with Crippen LogP contribution < -0.4 is 10.6 Å². The number of rotatable bonds is 9. The summed E-state index contributed by atoms with van der Waals surface area (Å²) in [6, 6.07) is 5.24. The second-order valence-corrected chi connectivity index (χ2v) is 7.76. The zero-order chi connectivity index (χ0) is 21.2. The number of amides is 2. The molecule has 0 aromatic carbocycles. The molecule has 30 heavy (non-hydrogen) atoms. The molecule has 9 nitrogen and oxygen atoms in total. The van der Waals surface area contributed by atoms with Crippen LogP contribution in [0.5, 0.6) is 0 Å². The molecule has 2 fully saturated rings. The first-order chi connectivity index (χ1) is 14.6. The Morgan fingerprint density at radius 1 is 1.20 bits per heavy atom. The van der Waals surface area contributed by atoms with Gasteiger partial charge in [-0.1, -0.05) is 6.07 Å². The SMILES string of the molecule is O=C(CN1CCOCC1)NCC[C@H]1CC[C@H](NC(=O)Cc2ccccn2)[C@@H](CO)O1. The highest BCUT2D eigenvalue weighted by molar-refractivity contribution is 5.78. The van der Waals surface area contributed by atoms with Crippen molar-refractivity contribution in [2.75, 3.05) is 46.0 Å². The van der Waals surface area contributed by atoms with Gasteiger partial charge in [-0.15, -0.1) is 0 Å². The topological polar surface area (TPSA) is 113 Å². The Balaban J connectivity index is 1.35. The maximum atomic E-state index is 12.3. The molecule has 0 radical (unpaired) electrons. The van der Waals surface area contributed by atoms with Crippen LogP contribution in [0.2, 0.25) is 0 Å². The fraction of sp³-hybridized carbons (Fsp3) is 0.667. The van der Waals surface area contributed by atoms with Crippen LogP contribution in [-0.4, -0.2) is 91.1 Å². The Hall–Kier alpha value is -2.07. The second-order valence-electron chi connectivity index (χ2n) is 7.76. The summed E-state index contributed by atoms with van der Waals surface area (Å²) in [5.74, 6) is -0.124. The molecule has 3 rings (SSSR count). The van der Waals surface area contributed by atoms with Gasteiger partial charge < -0.3 is 25.2 Å². The molecule has 1 aromatic rings. The first kappa shape index (κ1) is 22.6. The van der Waals surface area contributed by atoms with Gasteiger partial charge in [0.05, 0.1) is 44.9 Å². The number of pyridine rings is 1. The maximum Gasteiger partial charge on any atom is 0.234 e. The van der Waals surface area contributed by atoms with Gasteiger partial charge in [0.25, 0.3) is 0 Å². The van der Waals surface area contributed by atoms with Crippen LogP contribution in [0.25, 0.3) is 0 Å². The Labute approximate surface area is 177 Å². The Kier molecular flexibility index (Phi) is 9.00. The molecule has 3 N–H and O–H groups in total. The molecule has 0 spiro atoms. The highest BCUT2D eigenvalue weighted by Crippen LogP contribution is 2.21. The van der Waals surface area contributed by atoms with Gasteiger partial charge in [-0.05, 0) is 31.4 Å². The first-order valence-corrected chi connectivity index (χ1v) is 10.7. The van der Waals surface area contributed by atoms with Gasteiger partial charge in [-0.3, -0.25) is 19.5 Å². The Morgan fingerprint density at radius 2 is 2.03 bits per heavy atom. The third kappa shape index (κ3) is 7.32. The molecule has 1 aromatic heterocycles. The first-order valence-electron chi connectivity index (χ1n) is 10.7. The fourth-order valence-corrected chi connectivity index (χ4v) is 3.83. The quantitative estimate of drug-likeness (QED) is 0.493. The third-order valence-electron chi connectivity index (χ3n) is 5.47. The molecule has 9 heteroatoms. The molecule has 3 heterocycles. The van der Waals surface area contributed by atoms with Crippen molar-refractivity contribution in [3.05, 3.63) is 30.1 Å². The molecule has 2 aliphatic rings. The number of nitrogens with zero attached hydrogens (tertiary/aromatic N) is 2. The molecule has 166 valence electrons. The summed E-state index contributed by atoms with van der Waals surface area (Å²) in [5, 5.41) is 15.6. The standard InChI is InChI=1S/C21H32N4O5/c26-15-19-18(24-20(27)13-16-3-1-2-7-22-16)5-4-17(30-19)6-8-23-21(28)14-25-9-11-29-12-10-25/h1-3,7,17-19,26H,4-6,8-15H2,(H,23,28)(H,24,27)/t17-,18+,19-/m1/s1. The minimum Gasteiger partial charge on any atom is -0.394 e. The van der Waals surface area contributed by atoms with E-state index in [2.05, 4.69) is 20.5 Å². The van der Waals surface area contributed by atoms with Crippen LogP contribution >= 0.6 is 0 Å². The molecular formula is C21H32N4O5. The predicted octanol–water partition coefficient (Wildman–Crippen LogP) is -0.513. The number of nitrogens with one attached hydrogen (secondary N) is 2. The monoisotopic (exact) mass is 420 g/mol. The van der Waals surface area contributed by atoms with Crippen LogP contribution in [0.4, 0.5) is 0 Å². The van der Waals surface area contributed by atoms with Crippen LogP contribution in [0.1, 0.15) is 25.0 Å². The summed E-state index contributed by atoms with van der Waals surface area (Å²) in [4.78, 5) is 30.6. The van der Waals surface area contributed by atoms with Gasteiger partial charge in [0, 0.05) is 31.5 Å². The molecule has 2 saturated heterocycles. The number of carbonyl (C=O) groups excluding carboxylic acids is 2. The summed E-state index contributed by atoms with van der Waals surface area (Å²) in [6.07, 6.45) is 3.55. The average molecular weight is 421 g/mol. The third-order valence-corrected chi connectivity index (χ3v) is 5.47. The highest BCUT2D eigenvalue weighted by atomic mass is 16.5. The van der Waals surface area contributed by atoms with Crippen molar-refractivity contribution in [2.24, 2.45) is 0 Å². The smallest absolute Gasteiger partial charge is 0.234 e. The zero-order valence-electron chi connectivity index (χ0n) is 17.3. The van der Waals surface area contributed by atoms with Crippen molar-refractivity contribution in [3.8, 4) is 0 Å². The number of morpholine rings is 1. The van der Waals surface area contributed by atoms with Gasteiger partial charge in [-0.25, -0.2) is 0 Å². The van der Waals surface area contributed by atoms with E-state index >= 15 is 0 Å². The molecule has 3 atom stereocenters. The van der Waals surface area contributed by atoms with Crippen molar-refractivity contribution in [3.63, 3.8) is 0 Å². The molecule has 0 bridgehead atoms. The fourth-order valence-electron chi connectivity index (χ4n) is 3.83. The number of aliphatic hydroxyl groups excluding tert-OH is 1. The highest BCUT2D eigenvalue weighted by Gasteiger charge is 2.31. The lowest BCUT2D eigenvalue weighted by molar-refractivity contribution is -0.129. The van der Waals surface area contributed by atoms with Crippen LogP contribution in [0.15, 0.2) is 24.4 Å². The van der Waals surface area contributed by atoms with E-state index in [4.69, 9.17) is 9.47 Å². The molecule has 0 aliphatic carbocycles. The van der Waals surface area contributed by atoms with E-state index in [9.17, 15) is 14.7 Å². The van der Waals surface area contributed by atoms with Crippen molar-refractivity contribution >= 4 is 11.8 Å². The lowest BCUT2D eigenvalue weighted by atomic mass is 9.97. The van der Waals surface area contributed by atoms with E-state index < -0.39 is 6.10 Å². The van der Waals surface area contributed by atoms with E-state index in [0.717, 1.165) is 25.9 Å². The predicted molar refractivity (Wildman–Crippen MR) is 110 cm³/mol. The van der Waals surface area contributed by atoms with E-state index in [1.807, 2.05) is 18.2 Å². The molecular weight excluding hydrogens is 388 g/mol. The average Bonchev–Trinajstić information content (AvgIpc) is 2.76. The summed E-state index contributed by atoms with van der Waals surface area (Å²) in [7, 11) is 0. The van der Waals surface area contributed by atoms with E-state index in [1.54, 1.807) is 6.20 Å². The lowest BCUT2D eigenvalue weighted by Crippen LogP contribution is -2.51. The van der Waals surface area contributed by atoms with Crippen LogP contribution in [0.3, 0.4) is 0 Å². The minimum atomic E-state index is -0.444. The summed E-state index contributed by atoms with van der Waals surface area (Å²) >= 11 is 0. The van der Waals surface area contributed by atoms with E-state index in [1.165, 1.54) is 0 Å². The van der Waals surface area contributed by atoms with E-state index in [0.29, 0.717) is 38.4 Å². The largest absolute Gasteiger partial charge is 0.394 e. The number of aliphatic hydroxyl groups is 1. The molecule has 2 amide bonds. The van der Waals surface area contributed by atoms with Gasteiger partial charge in [0.15, 0.2) is 0 Å². The van der Waals surface area contributed by atoms with Crippen molar-refractivity contribution in [2.45, 2.75) is 43.9 Å². The van der Waals surface area contributed by atoms with Crippen LogP contribution in [-0.2, 0) is 25.5 Å². The summed E-state index contributed by atoms with van der Waals surface area (Å²) in [5.41, 5.74) is 0.706. The summed E-state index contributed by atoms with van der Waals surface area (Å²) < 4.78 is 11.3. The number of carbonyl (C=O) groups is 2. The molecule has 0 saturated carbocycles. The van der Waals surface area contributed by atoms with Gasteiger partial charge in [0.2, 0.25) is 11.8 Å². The molecule has 0 unspecified atom stereocenters. The molecule has 2 aliphatic heterocycles. The van der Waals surface area contributed by atoms with Crippen molar-refractivity contribution in [1.82, 2.24) is 20.5 Å². The number of aromatic nitrogens is 1. The van der Waals surface area contributed by atoms with Crippen molar-refractivity contribution in [1.29, 1.82) is 0 Å².